The summed E-state index contributed by atoms with van der Waals surface area (Å²) in [5.74, 6) is -2.20. The highest BCUT2D eigenvalue weighted by Gasteiger charge is 2.50. The van der Waals surface area contributed by atoms with E-state index in [9.17, 15) is 32.1 Å². The van der Waals surface area contributed by atoms with E-state index in [0.29, 0.717) is 43.8 Å². The fraction of sp³-hybridized carbons (Fsp3) is 0.418. The molecule has 3 N–H and O–H groups in total. The number of alkyl halides is 1. The molecule has 1 amide bonds. The molecule has 76 heavy (non-hydrogen) atoms. The Morgan fingerprint density at radius 2 is 1.70 bits per heavy atom. The number of piperidine rings is 1. The number of halogens is 3. The number of carbonyl (C=O) groups is 1. The number of rotatable bonds is 15. The molecule has 21 heteroatoms. The van der Waals surface area contributed by atoms with Crippen LogP contribution in [0.4, 0.5) is 30.2 Å². The number of H-pyrrole nitrogens is 1. The molecule has 0 unspecified atom stereocenters. The van der Waals surface area contributed by atoms with Crippen molar-refractivity contribution >= 4 is 44.0 Å². The number of carbonyl (C=O) groups excluding carboxylic acids is 1. The largest absolute Gasteiger partial charge is 0.455 e. The second kappa shape index (κ2) is 20.5. The maximum atomic E-state index is 15.6. The molecule has 3 saturated heterocycles. The molecule has 1 saturated carbocycles. The third kappa shape index (κ3) is 10.1. The first kappa shape index (κ1) is 51.2. The molecule has 400 valence electrons. The van der Waals surface area contributed by atoms with E-state index in [4.69, 9.17) is 18.9 Å². The van der Waals surface area contributed by atoms with Crippen molar-refractivity contribution in [2.24, 2.45) is 5.41 Å². The average Bonchev–Trinajstić information content (AvgIpc) is 4.13. The van der Waals surface area contributed by atoms with Crippen LogP contribution in [0, 0.1) is 27.2 Å². The van der Waals surface area contributed by atoms with Crippen LogP contribution in [0.2, 0.25) is 0 Å². The Morgan fingerprint density at radius 3 is 2.45 bits per heavy atom. The van der Waals surface area contributed by atoms with Gasteiger partial charge in [-0.05, 0) is 84.5 Å². The van der Waals surface area contributed by atoms with Crippen molar-refractivity contribution < 1.29 is 50.3 Å². The Hall–Kier alpha value is -6.94. The van der Waals surface area contributed by atoms with Crippen LogP contribution in [0.5, 0.6) is 23.0 Å². The number of aromatic nitrogens is 2. The molecule has 17 nitrogen and oxygen atoms in total. The monoisotopic (exact) mass is 1060 g/mol. The Kier molecular flexibility index (Phi) is 13.8. The zero-order valence-electron chi connectivity index (χ0n) is 42.2. The number of sulfonamides is 1. The maximum absolute atomic E-state index is 15.6. The number of pyridine rings is 1. The summed E-state index contributed by atoms with van der Waals surface area (Å²) in [5.41, 5.74) is 1.23. The lowest BCUT2D eigenvalue weighted by atomic mass is 9.59. The van der Waals surface area contributed by atoms with Crippen LogP contribution in [0.1, 0.15) is 91.4 Å². The highest BCUT2D eigenvalue weighted by atomic mass is 32.2. The van der Waals surface area contributed by atoms with Gasteiger partial charge in [0.05, 0.1) is 16.7 Å². The molecule has 4 aromatic carbocycles. The molecular weight excluding hydrogens is 1010 g/mol. The van der Waals surface area contributed by atoms with E-state index in [-0.39, 0.29) is 90.4 Å². The fourth-order valence-electron chi connectivity index (χ4n) is 11.8. The van der Waals surface area contributed by atoms with E-state index in [1.165, 1.54) is 41.6 Å². The summed E-state index contributed by atoms with van der Waals surface area (Å²) in [6.45, 7) is 7.64. The Labute approximate surface area is 437 Å². The Morgan fingerprint density at radius 1 is 0.947 bits per heavy atom. The number of nitrogens with one attached hydrogen (secondary N) is 3. The quantitative estimate of drug-likeness (QED) is 0.0650. The molecule has 6 aromatic rings. The first-order chi connectivity index (χ1) is 36.6. The summed E-state index contributed by atoms with van der Waals surface area (Å²) in [6.07, 6.45) is 7.16. The van der Waals surface area contributed by atoms with Gasteiger partial charge in [0.2, 0.25) is 6.79 Å². The molecule has 4 fully saturated rings. The molecule has 1 aliphatic carbocycles. The van der Waals surface area contributed by atoms with E-state index < -0.39 is 55.5 Å². The van der Waals surface area contributed by atoms with Crippen LogP contribution in [0.3, 0.4) is 0 Å². The summed E-state index contributed by atoms with van der Waals surface area (Å²) < 4.78 is 98.5. The average molecular weight is 1070 g/mol. The third-order valence-corrected chi connectivity index (χ3v) is 17.3. The van der Waals surface area contributed by atoms with Crippen LogP contribution in [0.25, 0.3) is 11.0 Å². The van der Waals surface area contributed by atoms with E-state index >= 15 is 4.39 Å². The van der Waals surface area contributed by atoms with Gasteiger partial charge in [0.1, 0.15) is 39.3 Å². The van der Waals surface area contributed by atoms with Gasteiger partial charge in [-0.1, -0.05) is 44.2 Å². The molecule has 5 aliphatic rings. The molecule has 4 aliphatic heterocycles. The van der Waals surface area contributed by atoms with Crippen LogP contribution in [0.15, 0.2) is 96.2 Å². The first-order valence-electron chi connectivity index (χ1n) is 25.7. The maximum Gasteiger partial charge on any atom is 0.297 e. The lowest BCUT2D eigenvalue weighted by molar-refractivity contribution is -0.384. The zero-order chi connectivity index (χ0) is 52.9. The lowest BCUT2D eigenvalue weighted by Crippen LogP contribution is -2.60. The minimum Gasteiger partial charge on any atom is -0.455 e. The number of fused-ring (bicyclic) bond motifs is 2. The molecule has 11 rings (SSSR count). The molecule has 0 bridgehead atoms. The molecule has 6 heterocycles. The number of hydrogen-bond donors (Lipinski definition) is 3. The Bertz CT molecular complexity index is 3280. The van der Waals surface area contributed by atoms with Crippen LogP contribution in [-0.2, 0) is 21.3 Å². The first-order valence-corrected chi connectivity index (χ1v) is 27.2. The van der Waals surface area contributed by atoms with E-state index in [1.54, 1.807) is 24.4 Å². The van der Waals surface area contributed by atoms with Crippen molar-refractivity contribution in [1.29, 1.82) is 0 Å². The minimum absolute atomic E-state index is 0.0408. The third-order valence-electron chi connectivity index (χ3n) is 16.0. The van der Waals surface area contributed by atoms with Gasteiger partial charge in [-0.25, -0.2) is 31.3 Å². The number of benzene rings is 4. The summed E-state index contributed by atoms with van der Waals surface area (Å²) in [7, 11) is -4.90. The summed E-state index contributed by atoms with van der Waals surface area (Å²) in [5, 5.41) is 15.9. The van der Waals surface area contributed by atoms with E-state index in [0.717, 1.165) is 49.4 Å². The van der Waals surface area contributed by atoms with Gasteiger partial charge in [0.25, 0.3) is 21.6 Å². The van der Waals surface area contributed by atoms with Gasteiger partial charge >= 0.3 is 0 Å². The number of ether oxygens (including phenoxy) is 4. The van der Waals surface area contributed by atoms with Crippen LogP contribution in [-0.4, -0.2) is 110 Å². The standard InChI is InChI=1S/C55H59F3N8O9S/c1-34(2)39-6-3-4-7-40(39)46-31-63(30-42-43(56)8-5-9-44(42)57)20-21-65(46)37-27-54(28-37)13-18-64(19-14-54)36-10-11-41(47(25-36)75-38-24-35-12-17-59-52(35)60-29-38)53(67)62-76(70,71)48-26-45(66(68)69)49(51-50(48)73-33-74-51)61-32-55(58)15-22-72-23-16-55/h3-12,17,24-26,29,34,37,46,61H,13-16,18-23,27-28,30-33H2,1-2H3,(H,59,60)(H,62,67)/t46-/m0/s1. The molecular formula is C55H59F3N8O9S. The number of amides is 1. The molecule has 1 spiro atoms. The number of nitro benzene ring substituents is 1. The summed E-state index contributed by atoms with van der Waals surface area (Å²) in [4.78, 5) is 39.7. The number of nitrogens with zero attached hydrogens (tertiary/aromatic N) is 5. The van der Waals surface area contributed by atoms with Gasteiger partial charge in [0.15, 0.2) is 17.2 Å². The van der Waals surface area contributed by atoms with Crippen molar-refractivity contribution in [1.82, 2.24) is 24.5 Å². The van der Waals surface area contributed by atoms with Gasteiger partial charge in [0, 0.05) is 119 Å². The summed E-state index contributed by atoms with van der Waals surface area (Å²) >= 11 is 0. The van der Waals surface area contributed by atoms with Crippen LogP contribution >= 0.6 is 0 Å². The van der Waals surface area contributed by atoms with Crippen LogP contribution < -0.4 is 29.1 Å². The topological polar surface area (TPSA) is 194 Å². The highest BCUT2D eigenvalue weighted by molar-refractivity contribution is 7.90. The number of hydrogen-bond acceptors (Lipinski definition) is 14. The molecule has 1 atom stereocenters. The fourth-order valence-corrected chi connectivity index (χ4v) is 12.9. The lowest BCUT2D eigenvalue weighted by Gasteiger charge is -2.58. The van der Waals surface area contributed by atoms with Gasteiger partial charge < -0.3 is 34.1 Å². The van der Waals surface area contributed by atoms with Crippen molar-refractivity contribution in [2.75, 3.05) is 69.5 Å². The number of piperazine rings is 1. The molecule has 2 aromatic heterocycles. The predicted octanol–water partition coefficient (Wildman–Crippen LogP) is 9.75. The minimum atomic E-state index is -4.90. The van der Waals surface area contributed by atoms with Crippen molar-refractivity contribution in [3.05, 3.63) is 135 Å². The van der Waals surface area contributed by atoms with E-state index in [1.807, 2.05) is 6.07 Å². The van der Waals surface area contributed by atoms with Gasteiger partial charge in [-0.3, -0.25) is 24.7 Å². The Balaban J connectivity index is 0.813. The second-order valence-electron chi connectivity index (χ2n) is 21.0. The van der Waals surface area contributed by atoms with Gasteiger partial charge in [-0.15, -0.1) is 0 Å². The normalized spacial score (nSPS) is 19.7. The van der Waals surface area contributed by atoms with Crippen molar-refractivity contribution in [2.45, 2.75) is 87.5 Å². The number of aromatic amines is 1. The highest BCUT2D eigenvalue weighted by Crippen LogP contribution is 2.54. The van der Waals surface area contributed by atoms with Crippen molar-refractivity contribution in [3.8, 4) is 23.0 Å². The van der Waals surface area contributed by atoms with E-state index in [2.05, 4.69) is 72.8 Å². The predicted molar refractivity (Wildman–Crippen MR) is 277 cm³/mol. The smallest absolute Gasteiger partial charge is 0.297 e. The second-order valence-corrected chi connectivity index (χ2v) is 22.7. The number of nitro groups is 1. The summed E-state index contributed by atoms with van der Waals surface area (Å²) in [6, 6.07) is 22.2. The molecule has 0 radical (unpaired) electrons. The number of anilines is 2. The van der Waals surface area contributed by atoms with Gasteiger partial charge in [-0.2, -0.15) is 0 Å². The SMILES string of the molecule is CC(C)c1ccccc1[C@@H]1CN(Cc2c(F)cccc2F)CCN1C1CC2(CCN(c3ccc(C(=O)NS(=O)(=O)c4cc([N+](=O)[O-])c(NCC5(F)CCOCC5)c5c4OCO5)c(Oc4cnc5[nH]ccc5c4)c3)CC2)C1. The van der Waals surface area contributed by atoms with Crippen molar-refractivity contribution in [3.63, 3.8) is 0 Å². The zero-order valence-corrected chi connectivity index (χ0v) is 43.0.